The Labute approximate surface area is 222 Å². The van der Waals surface area contributed by atoms with Gasteiger partial charge in [-0.15, -0.1) is 0 Å². The van der Waals surface area contributed by atoms with E-state index in [2.05, 4.69) is 25.6 Å². The van der Waals surface area contributed by atoms with E-state index >= 15 is 0 Å². The number of benzene rings is 2. The first kappa shape index (κ1) is 26.4. The molecule has 0 spiro atoms. The predicted molar refractivity (Wildman–Crippen MR) is 148 cm³/mol. The zero-order valence-corrected chi connectivity index (χ0v) is 22.6. The van der Waals surface area contributed by atoms with Crippen LogP contribution in [-0.4, -0.2) is 35.2 Å². The minimum Gasteiger partial charge on any atom is -0.489 e. The summed E-state index contributed by atoms with van der Waals surface area (Å²) in [6, 6.07) is 14.5. The number of hydrogen-bond acceptors (Lipinski definition) is 8. The van der Waals surface area contributed by atoms with Crippen molar-refractivity contribution in [2.75, 3.05) is 16.4 Å². The molecule has 8 nitrogen and oxygen atoms in total. The largest absolute Gasteiger partial charge is 0.489 e. The summed E-state index contributed by atoms with van der Waals surface area (Å²) in [7, 11) is -3.45. The second-order valence-corrected chi connectivity index (χ2v) is 11.3. The Morgan fingerprint density at radius 1 is 1.03 bits per heavy atom. The third kappa shape index (κ3) is 6.18. The van der Waals surface area contributed by atoms with Crippen molar-refractivity contribution in [2.24, 2.45) is 0 Å². The van der Waals surface area contributed by atoms with Crippen LogP contribution in [0.25, 0.3) is 11.1 Å². The highest BCUT2D eigenvalue weighted by Crippen LogP contribution is 2.36. The van der Waals surface area contributed by atoms with Gasteiger partial charge < -0.3 is 15.4 Å². The summed E-state index contributed by atoms with van der Waals surface area (Å²) in [5.74, 6) is 1.16. The van der Waals surface area contributed by atoms with E-state index in [0.29, 0.717) is 17.1 Å². The average molecular weight is 538 g/mol. The Balaban J connectivity index is 1.69. The van der Waals surface area contributed by atoms with Crippen LogP contribution < -0.4 is 15.4 Å². The van der Waals surface area contributed by atoms with Gasteiger partial charge in [-0.1, -0.05) is 30.7 Å². The molecule has 2 aromatic heterocycles. The molecule has 0 aliphatic carbocycles. The van der Waals surface area contributed by atoms with Crippen molar-refractivity contribution in [3.63, 3.8) is 0 Å². The van der Waals surface area contributed by atoms with Gasteiger partial charge in [0.05, 0.1) is 34.3 Å². The molecule has 0 saturated heterocycles. The van der Waals surface area contributed by atoms with Crippen molar-refractivity contribution in [1.82, 2.24) is 15.0 Å². The van der Waals surface area contributed by atoms with E-state index in [9.17, 15) is 8.42 Å². The quantitative estimate of drug-likeness (QED) is 0.247. The van der Waals surface area contributed by atoms with E-state index in [0.717, 1.165) is 16.7 Å². The molecule has 10 heteroatoms. The second kappa shape index (κ2) is 11.1. The highest BCUT2D eigenvalue weighted by Gasteiger charge is 2.18. The minimum absolute atomic E-state index is 0.0243. The van der Waals surface area contributed by atoms with Gasteiger partial charge in [0.1, 0.15) is 10.8 Å². The monoisotopic (exact) mass is 537 g/mol. The molecule has 0 atom stereocenters. The second-order valence-electron chi connectivity index (χ2n) is 8.61. The van der Waals surface area contributed by atoms with Crippen LogP contribution in [0, 0.1) is 6.92 Å². The number of hydrogen-bond donors (Lipinski definition) is 2. The summed E-state index contributed by atoms with van der Waals surface area (Å²) >= 11 is 6.37. The maximum absolute atomic E-state index is 12.6. The molecule has 37 heavy (non-hydrogen) atoms. The van der Waals surface area contributed by atoms with E-state index in [1.165, 1.54) is 6.20 Å². The van der Waals surface area contributed by atoms with E-state index < -0.39 is 9.84 Å². The maximum Gasteiger partial charge on any atom is 0.229 e. The van der Waals surface area contributed by atoms with Crippen molar-refractivity contribution in [3.8, 4) is 16.9 Å². The van der Waals surface area contributed by atoms with Gasteiger partial charge in [0.15, 0.2) is 15.7 Å². The SMILES string of the molecule is CCS(=O)(=O)c1ccccc1Nc1nc(Nc2cc(C)c(-c3ccncc3)cc2OC(C)C)ncc1Cl. The van der Waals surface area contributed by atoms with Crippen LogP contribution in [0.5, 0.6) is 5.75 Å². The highest BCUT2D eigenvalue weighted by atomic mass is 35.5. The van der Waals surface area contributed by atoms with E-state index in [4.69, 9.17) is 16.3 Å². The lowest BCUT2D eigenvalue weighted by molar-refractivity contribution is 0.244. The summed E-state index contributed by atoms with van der Waals surface area (Å²) in [6.07, 6.45) is 4.90. The number of nitrogens with zero attached hydrogens (tertiary/aromatic N) is 3. The Hall–Kier alpha value is -3.69. The number of aryl methyl sites for hydroxylation is 1. The molecule has 0 unspecified atom stereocenters. The van der Waals surface area contributed by atoms with Crippen molar-refractivity contribution in [1.29, 1.82) is 0 Å². The molecular weight excluding hydrogens is 510 g/mol. The summed E-state index contributed by atoms with van der Waals surface area (Å²) in [5.41, 5.74) is 4.15. The van der Waals surface area contributed by atoms with Crippen molar-refractivity contribution in [2.45, 2.75) is 38.7 Å². The molecule has 192 valence electrons. The van der Waals surface area contributed by atoms with E-state index in [1.807, 2.05) is 45.0 Å². The van der Waals surface area contributed by atoms with Crippen LogP contribution >= 0.6 is 11.6 Å². The number of nitrogens with one attached hydrogen (secondary N) is 2. The lowest BCUT2D eigenvalue weighted by Crippen LogP contribution is -2.10. The Morgan fingerprint density at radius 2 is 1.76 bits per heavy atom. The zero-order chi connectivity index (χ0) is 26.6. The third-order valence-corrected chi connectivity index (χ3v) is 7.59. The fourth-order valence-electron chi connectivity index (χ4n) is 3.74. The molecule has 4 aromatic rings. The van der Waals surface area contributed by atoms with Crippen LogP contribution in [0.3, 0.4) is 0 Å². The number of para-hydroxylation sites is 1. The van der Waals surface area contributed by atoms with Gasteiger partial charge in [0.25, 0.3) is 0 Å². The lowest BCUT2D eigenvalue weighted by Gasteiger charge is -2.19. The maximum atomic E-state index is 12.6. The zero-order valence-electron chi connectivity index (χ0n) is 21.0. The molecule has 2 aromatic carbocycles. The normalized spacial score (nSPS) is 11.4. The first-order chi connectivity index (χ1) is 17.7. The van der Waals surface area contributed by atoms with Gasteiger partial charge in [0.2, 0.25) is 5.95 Å². The molecular formula is C27H28ClN5O3S. The summed E-state index contributed by atoms with van der Waals surface area (Å²) in [6.45, 7) is 7.53. The van der Waals surface area contributed by atoms with Crippen molar-refractivity contribution >= 4 is 44.6 Å². The fraction of sp³-hybridized carbons (Fsp3) is 0.222. The third-order valence-electron chi connectivity index (χ3n) is 5.53. The number of pyridine rings is 1. The molecule has 4 rings (SSSR count). The van der Waals surface area contributed by atoms with Gasteiger partial charge in [-0.25, -0.2) is 13.4 Å². The summed E-state index contributed by atoms with van der Waals surface area (Å²) in [5, 5.41) is 6.53. The molecule has 0 aliphatic rings. The number of halogens is 1. The van der Waals surface area contributed by atoms with Gasteiger partial charge in [0, 0.05) is 12.4 Å². The summed E-state index contributed by atoms with van der Waals surface area (Å²) < 4.78 is 31.2. The average Bonchev–Trinajstić information content (AvgIpc) is 2.88. The molecule has 2 heterocycles. The number of sulfone groups is 1. The first-order valence-electron chi connectivity index (χ1n) is 11.8. The van der Waals surface area contributed by atoms with Crippen LogP contribution in [-0.2, 0) is 9.84 Å². The summed E-state index contributed by atoms with van der Waals surface area (Å²) in [4.78, 5) is 13.1. The molecule has 0 amide bonds. The molecule has 2 N–H and O–H groups in total. The number of aromatic nitrogens is 3. The lowest BCUT2D eigenvalue weighted by atomic mass is 10.0. The van der Waals surface area contributed by atoms with Gasteiger partial charge in [-0.2, -0.15) is 4.98 Å². The Morgan fingerprint density at radius 3 is 2.46 bits per heavy atom. The van der Waals surface area contributed by atoms with Crippen LogP contribution in [0.2, 0.25) is 5.02 Å². The standard InChI is InChI=1S/C27H28ClN5O3S/c1-5-37(34,35)25-9-7-6-8-22(25)31-26-21(28)16-30-27(33-26)32-23-14-18(4)20(15-24(23)36-17(2)3)19-10-12-29-13-11-19/h6-17H,5H2,1-4H3,(H2,30,31,32,33). The Bertz CT molecular complexity index is 1510. The smallest absolute Gasteiger partial charge is 0.229 e. The van der Waals surface area contributed by atoms with Crippen molar-refractivity contribution < 1.29 is 13.2 Å². The van der Waals surface area contributed by atoms with Gasteiger partial charge >= 0.3 is 0 Å². The van der Waals surface area contributed by atoms with Crippen LogP contribution in [0.1, 0.15) is 26.3 Å². The van der Waals surface area contributed by atoms with E-state index in [-0.39, 0.29) is 33.5 Å². The highest BCUT2D eigenvalue weighted by molar-refractivity contribution is 7.91. The predicted octanol–water partition coefficient (Wildman–Crippen LogP) is 6.57. The molecule has 0 radical (unpaired) electrons. The number of anilines is 4. The molecule has 0 saturated carbocycles. The number of rotatable bonds is 9. The molecule has 0 bridgehead atoms. The molecule has 0 fully saturated rings. The number of ether oxygens (including phenoxy) is 1. The van der Waals surface area contributed by atoms with Crippen molar-refractivity contribution in [3.05, 3.63) is 77.7 Å². The fourth-order valence-corrected chi connectivity index (χ4v) is 4.93. The molecule has 0 aliphatic heterocycles. The van der Waals surface area contributed by atoms with E-state index in [1.54, 1.807) is 43.6 Å². The van der Waals surface area contributed by atoms with Crippen LogP contribution in [0.4, 0.5) is 23.1 Å². The van der Waals surface area contributed by atoms with Gasteiger partial charge in [-0.05, 0) is 73.9 Å². The first-order valence-corrected chi connectivity index (χ1v) is 13.8. The van der Waals surface area contributed by atoms with Gasteiger partial charge in [-0.3, -0.25) is 4.98 Å². The topological polar surface area (TPSA) is 106 Å². The minimum atomic E-state index is -3.45. The van der Waals surface area contributed by atoms with Crippen LogP contribution in [0.15, 0.2) is 72.0 Å². The Kier molecular flexibility index (Phi) is 7.94.